The Bertz CT molecular complexity index is 485. The van der Waals surface area contributed by atoms with Gasteiger partial charge in [-0.15, -0.1) is 11.8 Å². The molecule has 1 aromatic carbocycles. The van der Waals surface area contributed by atoms with Gasteiger partial charge in [-0.1, -0.05) is 31.5 Å². The van der Waals surface area contributed by atoms with Crippen molar-refractivity contribution in [1.29, 1.82) is 0 Å². The van der Waals surface area contributed by atoms with E-state index in [1.165, 1.54) is 12.8 Å². The van der Waals surface area contributed by atoms with Gasteiger partial charge in [0.15, 0.2) is 0 Å². The second kappa shape index (κ2) is 5.16. The average Bonchev–Trinajstić information content (AvgIpc) is 2.29. The molecule has 0 aliphatic heterocycles. The molecule has 0 radical (unpaired) electrons. The smallest absolute Gasteiger partial charge is 0.221 e. The molecule has 1 aromatic heterocycles. The van der Waals surface area contributed by atoms with Gasteiger partial charge in [-0.05, 0) is 18.2 Å². The summed E-state index contributed by atoms with van der Waals surface area (Å²) in [6.07, 6.45) is 2.40. The Morgan fingerprint density at radius 1 is 1.25 bits per heavy atom. The fourth-order valence-electron chi connectivity index (χ4n) is 1.49. The van der Waals surface area contributed by atoms with Crippen LogP contribution in [-0.2, 0) is 0 Å². The van der Waals surface area contributed by atoms with Crippen molar-refractivity contribution >= 4 is 28.6 Å². The molecule has 0 saturated heterocycles. The van der Waals surface area contributed by atoms with Crippen LogP contribution < -0.4 is 5.73 Å². The summed E-state index contributed by atoms with van der Waals surface area (Å²) in [5.74, 6) is 1.44. The van der Waals surface area contributed by atoms with Crippen LogP contribution in [0.3, 0.4) is 0 Å². The molecular formula is C12H15N3S. The molecule has 2 rings (SSSR count). The van der Waals surface area contributed by atoms with E-state index in [9.17, 15) is 0 Å². The Kier molecular flexibility index (Phi) is 3.62. The summed E-state index contributed by atoms with van der Waals surface area (Å²) in [7, 11) is 0. The topological polar surface area (TPSA) is 51.8 Å². The van der Waals surface area contributed by atoms with Crippen LogP contribution in [0.25, 0.3) is 10.9 Å². The Hall–Kier alpha value is -1.29. The van der Waals surface area contributed by atoms with Crippen LogP contribution in [-0.4, -0.2) is 15.7 Å². The molecule has 1 heterocycles. The lowest BCUT2D eigenvalue weighted by Gasteiger charge is -2.05. The molecule has 0 spiro atoms. The minimum Gasteiger partial charge on any atom is -0.368 e. The summed E-state index contributed by atoms with van der Waals surface area (Å²) >= 11 is 1.76. The van der Waals surface area contributed by atoms with Crippen LogP contribution in [0.2, 0.25) is 0 Å². The molecule has 0 amide bonds. The third-order valence-corrected chi connectivity index (χ3v) is 3.40. The lowest BCUT2D eigenvalue weighted by atomic mass is 10.2. The van der Waals surface area contributed by atoms with E-state index in [2.05, 4.69) is 16.9 Å². The van der Waals surface area contributed by atoms with Crippen molar-refractivity contribution in [1.82, 2.24) is 9.97 Å². The molecule has 0 atom stereocenters. The summed E-state index contributed by atoms with van der Waals surface area (Å²) in [5.41, 5.74) is 6.62. The van der Waals surface area contributed by atoms with Gasteiger partial charge in [-0.25, -0.2) is 9.97 Å². The zero-order chi connectivity index (χ0) is 11.4. The van der Waals surface area contributed by atoms with Crippen LogP contribution in [0.4, 0.5) is 5.95 Å². The van der Waals surface area contributed by atoms with Crippen LogP contribution in [0.5, 0.6) is 0 Å². The van der Waals surface area contributed by atoms with Crippen molar-refractivity contribution in [2.45, 2.75) is 24.8 Å². The SMILES string of the molecule is CCCCSc1nc(N)nc2ccccc12. The molecule has 0 aliphatic carbocycles. The van der Waals surface area contributed by atoms with Crippen molar-refractivity contribution < 1.29 is 0 Å². The number of unbranched alkanes of at least 4 members (excludes halogenated alkanes) is 1. The van der Waals surface area contributed by atoms with Crippen molar-refractivity contribution in [3.05, 3.63) is 24.3 Å². The monoisotopic (exact) mass is 233 g/mol. The largest absolute Gasteiger partial charge is 0.368 e. The normalized spacial score (nSPS) is 10.8. The van der Waals surface area contributed by atoms with Crippen LogP contribution in [0.1, 0.15) is 19.8 Å². The van der Waals surface area contributed by atoms with Crippen LogP contribution >= 0.6 is 11.8 Å². The number of fused-ring (bicyclic) bond motifs is 1. The molecule has 2 N–H and O–H groups in total. The van der Waals surface area contributed by atoms with E-state index in [0.29, 0.717) is 5.95 Å². The molecule has 3 nitrogen and oxygen atoms in total. The van der Waals surface area contributed by atoms with E-state index in [-0.39, 0.29) is 0 Å². The van der Waals surface area contributed by atoms with E-state index in [1.807, 2.05) is 24.3 Å². The van der Waals surface area contributed by atoms with Gasteiger partial charge in [0.25, 0.3) is 0 Å². The number of thioether (sulfide) groups is 1. The molecule has 16 heavy (non-hydrogen) atoms. The van der Waals surface area contributed by atoms with Crippen molar-refractivity contribution in [2.24, 2.45) is 0 Å². The Morgan fingerprint density at radius 3 is 2.88 bits per heavy atom. The molecular weight excluding hydrogens is 218 g/mol. The summed E-state index contributed by atoms with van der Waals surface area (Å²) in [6.45, 7) is 2.19. The number of aromatic nitrogens is 2. The van der Waals surface area contributed by atoms with Gasteiger partial charge in [0.2, 0.25) is 5.95 Å². The summed E-state index contributed by atoms with van der Waals surface area (Å²) in [6, 6.07) is 7.99. The standard InChI is InChI=1S/C12H15N3S/c1-2-3-8-16-11-9-6-4-5-7-10(9)14-12(13)15-11/h4-7H,2-3,8H2,1H3,(H2,13,14,15). The summed E-state index contributed by atoms with van der Waals surface area (Å²) in [5, 5.41) is 2.09. The number of hydrogen-bond acceptors (Lipinski definition) is 4. The number of nitrogens with zero attached hydrogens (tertiary/aromatic N) is 2. The minimum absolute atomic E-state index is 0.359. The molecule has 0 fully saturated rings. The van der Waals surface area contributed by atoms with Gasteiger partial charge in [-0.3, -0.25) is 0 Å². The second-order valence-corrected chi connectivity index (χ2v) is 4.69. The minimum atomic E-state index is 0.359. The Balaban J connectivity index is 2.34. The molecule has 0 aliphatic rings. The van der Waals surface area contributed by atoms with Gasteiger partial charge in [-0.2, -0.15) is 0 Å². The van der Waals surface area contributed by atoms with Crippen LogP contribution in [0, 0.1) is 0 Å². The van der Waals surface area contributed by atoms with E-state index in [1.54, 1.807) is 11.8 Å². The van der Waals surface area contributed by atoms with Gasteiger partial charge in [0.05, 0.1) is 5.52 Å². The summed E-state index contributed by atoms with van der Waals surface area (Å²) < 4.78 is 0. The van der Waals surface area contributed by atoms with E-state index in [4.69, 9.17) is 5.73 Å². The maximum absolute atomic E-state index is 5.69. The number of anilines is 1. The highest BCUT2D eigenvalue weighted by Gasteiger charge is 2.05. The van der Waals surface area contributed by atoms with Gasteiger partial charge >= 0.3 is 0 Å². The van der Waals surface area contributed by atoms with Gasteiger partial charge in [0, 0.05) is 5.39 Å². The maximum Gasteiger partial charge on any atom is 0.221 e. The fourth-order valence-corrected chi connectivity index (χ4v) is 2.60. The molecule has 0 bridgehead atoms. The highest BCUT2D eigenvalue weighted by Crippen LogP contribution is 2.26. The first-order valence-electron chi connectivity index (χ1n) is 5.46. The first kappa shape index (κ1) is 11.2. The number of benzene rings is 1. The van der Waals surface area contributed by atoms with Gasteiger partial charge < -0.3 is 5.73 Å². The maximum atomic E-state index is 5.69. The lowest BCUT2D eigenvalue weighted by molar-refractivity contribution is 0.895. The quantitative estimate of drug-likeness (QED) is 0.501. The highest BCUT2D eigenvalue weighted by molar-refractivity contribution is 7.99. The third-order valence-electron chi connectivity index (χ3n) is 2.32. The fraction of sp³-hybridized carbons (Fsp3) is 0.333. The molecule has 2 aromatic rings. The summed E-state index contributed by atoms with van der Waals surface area (Å²) in [4.78, 5) is 8.52. The van der Waals surface area contributed by atoms with Crippen LogP contribution in [0.15, 0.2) is 29.3 Å². The zero-order valence-corrected chi connectivity index (χ0v) is 10.1. The molecule has 0 unspecified atom stereocenters. The van der Waals surface area contributed by atoms with E-state index < -0.39 is 0 Å². The first-order chi connectivity index (χ1) is 7.81. The number of nitrogen functional groups attached to an aromatic ring is 1. The predicted molar refractivity (Wildman–Crippen MR) is 69.6 cm³/mol. The number of para-hydroxylation sites is 1. The molecule has 84 valence electrons. The number of rotatable bonds is 4. The van der Waals surface area contributed by atoms with Crippen molar-refractivity contribution in [3.8, 4) is 0 Å². The third kappa shape index (κ3) is 2.44. The Labute approximate surface area is 99.5 Å². The first-order valence-corrected chi connectivity index (χ1v) is 6.45. The lowest BCUT2D eigenvalue weighted by Crippen LogP contribution is -1.97. The highest BCUT2D eigenvalue weighted by atomic mass is 32.2. The Morgan fingerprint density at radius 2 is 2.06 bits per heavy atom. The molecule has 0 saturated carbocycles. The second-order valence-electron chi connectivity index (χ2n) is 3.61. The van der Waals surface area contributed by atoms with E-state index >= 15 is 0 Å². The van der Waals surface area contributed by atoms with Crippen molar-refractivity contribution in [2.75, 3.05) is 11.5 Å². The number of nitrogens with two attached hydrogens (primary N) is 1. The zero-order valence-electron chi connectivity index (χ0n) is 9.31. The predicted octanol–water partition coefficient (Wildman–Crippen LogP) is 3.10. The van der Waals surface area contributed by atoms with Gasteiger partial charge in [0.1, 0.15) is 5.03 Å². The molecule has 4 heteroatoms. The van der Waals surface area contributed by atoms with E-state index in [0.717, 1.165) is 21.7 Å². The van der Waals surface area contributed by atoms with Crippen molar-refractivity contribution in [3.63, 3.8) is 0 Å². The average molecular weight is 233 g/mol. The number of hydrogen-bond donors (Lipinski definition) is 1.